The second-order valence-electron chi connectivity index (χ2n) is 7.69. The van der Waals surface area contributed by atoms with Crippen molar-refractivity contribution in [3.63, 3.8) is 0 Å². The normalized spacial score (nSPS) is 11.0. The largest absolute Gasteiger partial charge is 0.496 e. The zero-order valence-corrected chi connectivity index (χ0v) is 18.5. The molecule has 1 amide bonds. The topological polar surface area (TPSA) is 77.6 Å². The van der Waals surface area contributed by atoms with E-state index >= 15 is 0 Å². The van der Waals surface area contributed by atoms with Gasteiger partial charge in [-0.25, -0.2) is 0 Å². The van der Waals surface area contributed by atoms with Gasteiger partial charge in [-0.05, 0) is 31.0 Å². The molecule has 2 heterocycles. The van der Waals surface area contributed by atoms with Crippen molar-refractivity contribution >= 4 is 11.6 Å². The lowest BCUT2D eigenvalue weighted by Crippen LogP contribution is -2.27. The summed E-state index contributed by atoms with van der Waals surface area (Å²) in [5.41, 5.74) is 4.41. The Labute approximate surface area is 186 Å². The van der Waals surface area contributed by atoms with Gasteiger partial charge >= 0.3 is 0 Å². The van der Waals surface area contributed by atoms with Crippen molar-refractivity contribution in [3.05, 3.63) is 87.8 Å². The predicted octanol–water partition coefficient (Wildman–Crippen LogP) is 3.27. The molecule has 0 atom stereocenters. The molecular weight excluding hydrogens is 404 g/mol. The van der Waals surface area contributed by atoms with Crippen molar-refractivity contribution < 1.29 is 9.53 Å². The van der Waals surface area contributed by atoms with Crippen molar-refractivity contribution in [1.82, 2.24) is 19.5 Å². The number of nitrogens with one attached hydrogen (secondary N) is 1. The van der Waals surface area contributed by atoms with Crippen LogP contribution < -0.4 is 15.6 Å². The zero-order chi connectivity index (χ0) is 22.7. The fourth-order valence-corrected chi connectivity index (χ4v) is 3.82. The zero-order valence-electron chi connectivity index (χ0n) is 18.5. The van der Waals surface area contributed by atoms with E-state index in [-0.39, 0.29) is 17.9 Å². The molecule has 0 spiro atoms. The van der Waals surface area contributed by atoms with Crippen molar-refractivity contribution in [2.75, 3.05) is 7.11 Å². The number of rotatable bonds is 7. The minimum Gasteiger partial charge on any atom is -0.496 e. The lowest BCUT2D eigenvalue weighted by molar-refractivity contribution is -0.121. The first-order valence-corrected chi connectivity index (χ1v) is 10.5. The molecule has 32 heavy (non-hydrogen) atoms. The molecule has 0 bridgehead atoms. The maximum absolute atomic E-state index is 13.2. The Balaban J connectivity index is 1.59. The first-order chi connectivity index (χ1) is 15.5. The Hall–Kier alpha value is -3.87. The number of carbonyl (C=O) groups is 1. The van der Waals surface area contributed by atoms with Gasteiger partial charge in [0.1, 0.15) is 11.4 Å². The van der Waals surface area contributed by atoms with Crippen molar-refractivity contribution in [3.8, 4) is 17.0 Å². The van der Waals surface area contributed by atoms with E-state index in [2.05, 4.69) is 10.4 Å². The van der Waals surface area contributed by atoms with Gasteiger partial charge in [-0.1, -0.05) is 42.5 Å². The third kappa shape index (κ3) is 4.14. The second kappa shape index (κ2) is 9.09. The number of nitrogens with zero attached hydrogens (tertiary/aromatic N) is 3. The van der Waals surface area contributed by atoms with Crippen LogP contribution >= 0.6 is 0 Å². The summed E-state index contributed by atoms with van der Waals surface area (Å²) < 4.78 is 8.79. The van der Waals surface area contributed by atoms with Crippen LogP contribution in [0.15, 0.2) is 65.5 Å². The van der Waals surface area contributed by atoms with E-state index in [0.29, 0.717) is 35.6 Å². The third-order valence-electron chi connectivity index (χ3n) is 5.74. The molecule has 7 nitrogen and oxygen atoms in total. The van der Waals surface area contributed by atoms with E-state index in [1.165, 1.54) is 4.52 Å². The van der Waals surface area contributed by atoms with E-state index in [0.717, 1.165) is 16.8 Å². The highest BCUT2D eigenvalue weighted by molar-refractivity contribution is 5.76. The van der Waals surface area contributed by atoms with Crippen LogP contribution in [0.25, 0.3) is 16.9 Å². The van der Waals surface area contributed by atoms with E-state index in [1.807, 2.05) is 79.2 Å². The van der Waals surface area contributed by atoms with Crippen LogP contribution in [0.4, 0.5) is 0 Å². The van der Waals surface area contributed by atoms with Gasteiger partial charge in [-0.2, -0.15) is 9.61 Å². The van der Waals surface area contributed by atoms with Crippen LogP contribution in [-0.2, 0) is 24.8 Å². The average molecular weight is 431 g/mol. The second-order valence-corrected chi connectivity index (χ2v) is 7.69. The fourth-order valence-electron chi connectivity index (χ4n) is 3.82. The highest BCUT2D eigenvalue weighted by atomic mass is 16.5. The maximum atomic E-state index is 13.2. The van der Waals surface area contributed by atoms with Gasteiger partial charge < -0.3 is 14.6 Å². The highest BCUT2D eigenvalue weighted by Gasteiger charge is 2.17. The number of methoxy groups -OCH3 is 1. The van der Waals surface area contributed by atoms with Gasteiger partial charge in [0.25, 0.3) is 5.56 Å². The number of carbonyl (C=O) groups excluding carboxylic acids is 1. The molecule has 4 aromatic rings. The summed E-state index contributed by atoms with van der Waals surface area (Å²) in [6.07, 6.45) is 0.577. The average Bonchev–Trinajstić information content (AvgIpc) is 3.28. The summed E-state index contributed by atoms with van der Waals surface area (Å²) in [7, 11) is 3.51. The smallest absolute Gasteiger partial charge is 0.277 e. The van der Waals surface area contributed by atoms with Gasteiger partial charge in [0.15, 0.2) is 0 Å². The number of fused-ring (bicyclic) bond motifs is 1. The number of hydrogen-bond donors (Lipinski definition) is 1. The Morgan fingerprint density at radius 3 is 2.56 bits per heavy atom. The number of ether oxygens (including phenoxy) is 1. The molecule has 7 heteroatoms. The Morgan fingerprint density at radius 1 is 1.09 bits per heavy atom. The number of aryl methyl sites for hydroxylation is 1. The molecule has 0 radical (unpaired) electrons. The van der Waals surface area contributed by atoms with Crippen LogP contribution in [0.2, 0.25) is 0 Å². The van der Waals surface area contributed by atoms with Crippen LogP contribution in [0.3, 0.4) is 0 Å². The molecule has 0 saturated carbocycles. The number of hydrogen-bond acceptors (Lipinski definition) is 4. The Kier molecular flexibility index (Phi) is 6.07. The molecule has 2 aromatic heterocycles. The lowest BCUT2D eigenvalue weighted by atomic mass is 10.1. The molecule has 0 aliphatic carbocycles. The number of para-hydroxylation sites is 1. The highest BCUT2D eigenvalue weighted by Crippen LogP contribution is 2.29. The van der Waals surface area contributed by atoms with E-state index in [4.69, 9.17) is 4.74 Å². The Bertz CT molecular complexity index is 1320. The van der Waals surface area contributed by atoms with Crippen LogP contribution in [0, 0.1) is 6.92 Å². The molecule has 2 aromatic carbocycles. The molecule has 164 valence electrons. The van der Waals surface area contributed by atoms with E-state index < -0.39 is 0 Å². The standard InChI is InChI=1S/C25H26N4O3/c1-17-19(13-14-23(30)26-16-18-9-5-4-6-10-18)25(31)29-24(28(17)2)15-21(27-29)20-11-7-8-12-22(20)32-3/h4-12,15H,13-14,16H2,1-3H3,(H,26,30). The summed E-state index contributed by atoms with van der Waals surface area (Å²) in [6.45, 7) is 2.37. The molecule has 0 aliphatic heterocycles. The minimum absolute atomic E-state index is 0.0921. The monoisotopic (exact) mass is 430 g/mol. The number of aromatic nitrogens is 3. The molecule has 4 rings (SSSR count). The van der Waals surface area contributed by atoms with Crippen LogP contribution in [0.1, 0.15) is 23.2 Å². The minimum atomic E-state index is -0.201. The quantitative estimate of drug-likeness (QED) is 0.488. The van der Waals surface area contributed by atoms with Gasteiger partial charge in [-0.3, -0.25) is 9.59 Å². The Morgan fingerprint density at radius 2 is 1.81 bits per heavy atom. The molecule has 0 aliphatic rings. The van der Waals surface area contributed by atoms with E-state index in [1.54, 1.807) is 7.11 Å². The number of benzene rings is 2. The molecule has 1 N–H and O–H groups in total. The predicted molar refractivity (Wildman–Crippen MR) is 124 cm³/mol. The fraction of sp³-hybridized carbons (Fsp3) is 0.240. The van der Waals surface area contributed by atoms with Gasteiger partial charge in [0.05, 0.1) is 12.8 Å². The molecule has 0 fully saturated rings. The summed E-state index contributed by atoms with van der Waals surface area (Å²) in [5.74, 6) is 0.601. The van der Waals surface area contributed by atoms with Crippen molar-refractivity contribution in [1.29, 1.82) is 0 Å². The first kappa shape index (κ1) is 21.4. The molecular formula is C25H26N4O3. The van der Waals surface area contributed by atoms with Crippen molar-refractivity contribution in [2.45, 2.75) is 26.3 Å². The van der Waals surface area contributed by atoms with Crippen LogP contribution in [0.5, 0.6) is 5.75 Å². The van der Waals surface area contributed by atoms with Gasteiger partial charge in [0, 0.05) is 42.9 Å². The summed E-state index contributed by atoms with van der Waals surface area (Å²) in [4.78, 5) is 25.6. The van der Waals surface area contributed by atoms with Gasteiger partial charge in [0.2, 0.25) is 5.91 Å². The summed E-state index contributed by atoms with van der Waals surface area (Å²) >= 11 is 0. The number of amides is 1. The maximum Gasteiger partial charge on any atom is 0.277 e. The first-order valence-electron chi connectivity index (χ1n) is 10.5. The van der Waals surface area contributed by atoms with Crippen LogP contribution in [-0.4, -0.2) is 27.2 Å². The molecule has 0 unspecified atom stereocenters. The van der Waals surface area contributed by atoms with Gasteiger partial charge in [-0.15, -0.1) is 0 Å². The van der Waals surface area contributed by atoms with E-state index in [9.17, 15) is 9.59 Å². The molecule has 0 saturated heterocycles. The third-order valence-corrected chi connectivity index (χ3v) is 5.74. The SMILES string of the molecule is COc1ccccc1-c1cc2n(C)c(C)c(CCC(=O)NCc3ccccc3)c(=O)n2n1. The summed E-state index contributed by atoms with van der Waals surface area (Å²) in [5, 5.41) is 7.47. The summed E-state index contributed by atoms with van der Waals surface area (Å²) in [6, 6.07) is 19.2. The van der Waals surface area contributed by atoms with Crippen molar-refractivity contribution in [2.24, 2.45) is 7.05 Å². The lowest BCUT2D eigenvalue weighted by Gasteiger charge is -2.12.